The molecule has 3 amide bonds. The maximum absolute atomic E-state index is 12.0. The molecule has 0 aliphatic carbocycles. The number of carbonyl (C=O) groups is 2. The molecular weight excluding hydrogens is 282 g/mol. The van der Waals surface area contributed by atoms with Crippen LogP contribution >= 0.6 is 0 Å². The highest BCUT2D eigenvalue weighted by Gasteiger charge is 2.12. The van der Waals surface area contributed by atoms with Crippen LogP contribution in [-0.4, -0.2) is 40.4 Å². The molecule has 0 aliphatic heterocycles. The van der Waals surface area contributed by atoms with Crippen LogP contribution in [0.25, 0.3) is 11.0 Å². The number of nitrogens with two attached hydrogens (primary N) is 1. The number of hydrogen-bond acceptors (Lipinski definition) is 5. The molecule has 22 heavy (non-hydrogen) atoms. The smallest absolute Gasteiger partial charge is 0.328 e. The third kappa shape index (κ3) is 3.56. The number of aryl methyl sites for hydroxylation is 2. The topological polar surface area (TPSA) is 101 Å². The number of nitrogens with one attached hydrogen (secondary N) is 1. The molecule has 1 heterocycles. The van der Waals surface area contributed by atoms with E-state index in [2.05, 4.69) is 15.3 Å². The van der Waals surface area contributed by atoms with Gasteiger partial charge >= 0.3 is 6.03 Å². The fourth-order valence-corrected chi connectivity index (χ4v) is 1.97. The van der Waals surface area contributed by atoms with Crippen molar-refractivity contribution >= 4 is 29.2 Å². The van der Waals surface area contributed by atoms with Crippen molar-refractivity contribution in [2.24, 2.45) is 5.73 Å². The molecule has 1 aromatic heterocycles. The number of urea groups is 1. The largest absolute Gasteiger partial charge is 0.330 e. The minimum absolute atomic E-state index is 0.289. The predicted octanol–water partition coefficient (Wildman–Crippen LogP) is 1.59. The number of anilines is 1. The fraction of sp³-hybridized carbons (Fsp3) is 0.333. The molecule has 0 atom stereocenters. The van der Waals surface area contributed by atoms with Crippen LogP contribution < -0.4 is 11.1 Å². The third-order valence-corrected chi connectivity index (χ3v) is 3.32. The standard InChI is InChI=1S/C15H19N5O2/c1-10-11(2)18-14-8-12(4-5-13(14)17-10)19-15(22)20(9-21)7-3-6-16/h4-5,8-9H,3,6-7,16H2,1-2H3,(H,19,22). The van der Waals surface area contributed by atoms with Crippen LogP contribution in [0.4, 0.5) is 10.5 Å². The number of hydrogen-bond donors (Lipinski definition) is 2. The Morgan fingerprint density at radius 2 is 1.95 bits per heavy atom. The van der Waals surface area contributed by atoms with Gasteiger partial charge in [-0.25, -0.2) is 14.8 Å². The number of fused-ring (bicyclic) bond motifs is 1. The van der Waals surface area contributed by atoms with E-state index in [4.69, 9.17) is 5.73 Å². The summed E-state index contributed by atoms with van der Waals surface area (Å²) >= 11 is 0. The Morgan fingerprint density at radius 1 is 1.27 bits per heavy atom. The summed E-state index contributed by atoms with van der Waals surface area (Å²) in [5, 5.41) is 2.68. The highest BCUT2D eigenvalue weighted by molar-refractivity contribution is 5.96. The first-order chi connectivity index (χ1) is 10.5. The number of amides is 3. The molecule has 7 heteroatoms. The zero-order chi connectivity index (χ0) is 16.1. The average molecular weight is 301 g/mol. The number of imide groups is 1. The summed E-state index contributed by atoms with van der Waals surface area (Å²) in [7, 11) is 0. The molecule has 0 saturated carbocycles. The van der Waals surface area contributed by atoms with Crippen LogP contribution in [-0.2, 0) is 4.79 Å². The van der Waals surface area contributed by atoms with Crippen LogP contribution in [0.15, 0.2) is 18.2 Å². The van der Waals surface area contributed by atoms with Crippen molar-refractivity contribution in [2.75, 3.05) is 18.4 Å². The lowest BCUT2D eigenvalue weighted by Gasteiger charge is -2.16. The van der Waals surface area contributed by atoms with Gasteiger partial charge in [-0.3, -0.25) is 9.69 Å². The summed E-state index contributed by atoms with van der Waals surface area (Å²) in [6.45, 7) is 4.49. The molecule has 7 nitrogen and oxygen atoms in total. The second kappa shape index (κ2) is 6.95. The highest BCUT2D eigenvalue weighted by Crippen LogP contribution is 2.17. The van der Waals surface area contributed by atoms with Crippen molar-refractivity contribution < 1.29 is 9.59 Å². The monoisotopic (exact) mass is 301 g/mol. The van der Waals surface area contributed by atoms with Crippen molar-refractivity contribution in [3.8, 4) is 0 Å². The lowest BCUT2D eigenvalue weighted by molar-refractivity contribution is -0.115. The minimum atomic E-state index is -0.486. The molecule has 2 rings (SSSR count). The summed E-state index contributed by atoms with van der Waals surface area (Å²) in [5.41, 5.74) is 9.12. The number of aromatic nitrogens is 2. The zero-order valence-corrected chi connectivity index (χ0v) is 12.7. The molecule has 3 N–H and O–H groups in total. The van der Waals surface area contributed by atoms with Crippen molar-refractivity contribution in [1.82, 2.24) is 14.9 Å². The highest BCUT2D eigenvalue weighted by atomic mass is 16.2. The van der Waals surface area contributed by atoms with Gasteiger partial charge in [-0.2, -0.15) is 0 Å². The summed E-state index contributed by atoms with van der Waals surface area (Å²) in [6, 6.07) is 4.77. The van der Waals surface area contributed by atoms with Crippen LogP contribution in [0.1, 0.15) is 17.8 Å². The van der Waals surface area contributed by atoms with Gasteiger partial charge in [0.05, 0.1) is 22.4 Å². The van der Waals surface area contributed by atoms with E-state index >= 15 is 0 Å². The SMILES string of the molecule is Cc1nc2ccc(NC(=O)N(C=O)CCCN)cc2nc1C. The number of nitrogens with zero attached hydrogens (tertiary/aromatic N) is 3. The summed E-state index contributed by atoms with van der Waals surface area (Å²) < 4.78 is 0. The van der Waals surface area contributed by atoms with E-state index in [1.54, 1.807) is 18.2 Å². The normalized spacial score (nSPS) is 10.5. The van der Waals surface area contributed by atoms with Gasteiger partial charge in [-0.1, -0.05) is 0 Å². The molecular formula is C15H19N5O2. The third-order valence-electron chi connectivity index (χ3n) is 3.32. The molecule has 0 radical (unpaired) electrons. The van der Waals surface area contributed by atoms with Gasteiger partial charge in [-0.05, 0) is 45.0 Å². The predicted molar refractivity (Wildman–Crippen MR) is 84.5 cm³/mol. The lowest BCUT2D eigenvalue weighted by atomic mass is 10.2. The molecule has 0 bridgehead atoms. The van der Waals surface area contributed by atoms with E-state index < -0.39 is 6.03 Å². The molecule has 0 unspecified atom stereocenters. The van der Waals surface area contributed by atoms with E-state index in [1.807, 2.05) is 13.8 Å². The van der Waals surface area contributed by atoms with Crippen LogP contribution in [0.5, 0.6) is 0 Å². The van der Waals surface area contributed by atoms with Crippen LogP contribution in [0.2, 0.25) is 0 Å². The van der Waals surface area contributed by atoms with Gasteiger partial charge in [0.1, 0.15) is 0 Å². The Kier molecular flexibility index (Phi) is 5.00. The number of rotatable bonds is 5. The summed E-state index contributed by atoms with van der Waals surface area (Å²) in [6.07, 6.45) is 1.06. The van der Waals surface area contributed by atoms with Crippen molar-refractivity contribution in [3.63, 3.8) is 0 Å². The first-order valence-corrected chi connectivity index (χ1v) is 7.03. The van der Waals surface area contributed by atoms with Crippen LogP contribution in [0, 0.1) is 13.8 Å². The molecule has 1 aromatic carbocycles. The van der Waals surface area contributed by atoms with Gasteiger partial charge < -0.3 is 11.1 Å². The lowest BCUT2D eigenvalue weighted by Crippen LogP contribution is -2.35. The Hall–Kier alpha value is -2.54. The van der Waals surface area contributed by atoms with Crippen molar-refractivity contribution in [3.05, 3.63) is 29.6 Å². The van der Waals surface area contributed by atoms with Gasteiger partial charge in [-0.15, -0.1) is 0 Å². The number of carbonyl (C=O) groups excluding carboxylic acids is 2. The van der Waals surface area contributed by atoms with Crippen LogP contribution in [0.3, 0.4) is 0 Å². The molecule has 0 aliphatic rings. The molecule has 0 saturated heterocycles. The maximum atomic E-state index is 12.0. The van der Waals surface area contributed by atoms with Crippen molar-refractivity contribution in [1.29, 1.82) is 0 Å². The second-order valence-corrected chi connectivity index (χ2v) is 4.97. The van der Waals surface area contributed by atoms with E-state index in [1.165, 1.54) is 0 Å². The van der Waals surface area contributed by atoms with Crippen molar-refractivity contribution in [2.45, 2.75) is 20.3 Å². The summed E-state index contributed by atoms with van der Waals surface area (Å²) in [4.78, 5) is 32.9. The zero-order valence-electron chi connectivity index (χ0n) is 12.7. The fourth-order valence-electron chi connectivity index (χ4n) is 1.97. The number of benzene rings is 1. The van der Waals surface area contributed by atoms with E-state index in [-0.39, 0.29) is 6.54 Å². The second-order valence-electron chi connectivity index (χ2n) is 4.97. The average Bonchev–Trinajstić information content (AvgIpc) is 2.49. The van der Waals surface area contributed by atoms with Gasteiger partial charge in [0.25, 0.3) is 0 Å². The van der Waals surface area contributed by atoms with E-state index in [0.29, 0.717) is 30.6 Å². The molecule has 116 valence electrons. The molecule has 0 spiro atoms. The van der Waals surface area contributed by atoms with Gasteiger partial charge in [0.2, 0.25) is 6.41 Å². The minimum Gasteiger partial charge on any atom is -0.330 e. The van der Waals surface area contributed by atoms with E-state index in [0.717, 1.165) is 21.8 Å². The Morgan fingerprint density at radius 3 is 2.59 bits per heavy atom. The van der Waals surface area contributed by atoms with E-state index in [9.17, 15) is 9.59 Å². The Balaban J connectivity index is 2.18. The van der Waals surface area contributed by atoms with Gasteiger partial charge in [0.15, 0.2) is 0 Å². The molecule has 2 aromatic rings. The Bertz CT molecular complexity index is 702. The summed E-state index contributed by atoms with van der Waals surface area (Å²) in [5.74, 6) is 0. The first kappa shape index (κ1) is 15.8. The van der Waals surface area contributed by atoms with Gasteiger partial charge in [0, 0.05) is 12.2 Å². The Labute approximate surface area is 128 Å². The first-order valence-electron chi connectivity index (χ1n) is 7.03. The molecule has 0 fully saturated rings. The maximum Gasteiger partial charge on any atom is 0.328 e. The quantitative estimate of drug-likeness (QED) is 0.817.